The molecule has 2 atom stereocenters. The summed E-state index contributed by atoms with van der Waals surface area (Å²) in [6.45, 7) is 9.78. The van der Waals surface area contributed by atoms with Crippen LogP contribution in [0.1, 0.15) is 24.1 Å². The Morgan fingerprint density at radius 2 is 1.96 bits per heavy atom. The lowest BCUT2D eigenvalue weighted by Gasteiger charge is -2.38. The molecule has 0 saturated carbocycles. The Balaban J connectivity index is 1.63. The van der Waals surface area contributed by atoms with Crippen LogP contribution in [0.3, 0.4) is 0 Å². The molecule has 1 aliphatic heterocycles. The average Bonchev–Trinajstić information content (AvgIpc) is 3.02. The summed E-state index contributed by atoms with van der Waals surface area (Å²) < 4.78 is 7.53. The molecule has 1 saturated heterocycles. The van der Waals surface area contributed by atoms with Crippen molar-refractivity contribution in [3.8, 4) is 0 Å². The van der Waals surface area contributed by atoms with E-state index in [-0.39, 0.29) is 0 Å². The van der Waals surface area contributed by atoms with Crippen LogP contribution in [0.5, 0.6) is 0 Å². The maximum atomic E-state index is 5.53. The van der Waals surface area contributed by atoms with Crippen molar-refractivity contribution in [2.75, 3.05) is 32.8 Å². The largest absolute Gasteiger partial charge is 0.379 e. The minimum Gasteiger partial charge on any atom is -0.379 e. The van der Waals surface area contributed by atoms with E-state index in [2.05, 4.69) is 65.7 Å². The lowest BCUT2D eigenvalue weighted by molar-refractivity contribution is 0.00865. The van der Waals surface area contributed by atoms with Gasteiger partial charge in [-0.25, -0.2) is 0 Å². The first-order valence-electron chi connectivity index (χ1n) is 8.83. The Kier molecular flexibility index (Phi) is 6.01. The first kappa shape index (κ1) is 17.1. The summed E-state index contributed by atoms with van der Waals surface area (Å²) in [6, 6.07) is 11.5. The number of aryl methyl sites for hydroxylation is 1. The number of nitrogens with zero attached hydrogens (tertiary/aromatic N) is 3. The highest BCUT2D eigenvalue weighted by atomic mass is 16.5. The molecule has 2 unspecified atom stereocenters. The highest BCUT2D eigenvalue weighted by molar-refractivity contribution is 5.21. The Bertz CT molecular complexity index is 607. The van der Waals surface area contributed by atoms with E-state index in [1.165, 1.54) is 11.1 Å². The fourth-order valence-corrected chi connectivity index (χ4v) is 3.43. The molecule has 1 fully saturated rings. The van der Waals surface area contributed by atoms with Gasteiger partial charge in [-0.1, -0.05) is 30.3 Å². The van der Waals surface area contributed by atoms with Gasteiger partial charge in [0.2, 0.25) is 0 Å². The second-order valence-corrected chi connectivity index (χ2v) is 6.53. The Morgan fingerprint density at radius 3 is 2.62 bits per heavy atom. The predicted octanol–water partition coefficient (Wildman–Crippen LogP) is 2.24. The quantitative estimate of drug-likeness (QED) is 0.846. The van der Waals surface area contributed by atoms with Gasteiger partial charge in [-0.15, -0.1) is 0 Å². The maximum absolute atomic E-state index is 5.53. The van der Waals surface area contributed by atoms with Gasteiger partial charge in [0, 0.05) is 31.9 Å². The molecular weight excluding hydrogens is 300 g/mol. The van der Waals surface area contributed by atoms with Crippen LogP contribution in [-0.4, -0.2) is 53.6 Å². The molecule has 24 heavy (non-hydrogen) atoms. The zero-order valence-electron chi connectivity index (χ0n) is 14.7. The van der Waals surface area contributed by atoms with Crippen LogP contribution in [0.25, 0.3) is 0 Å². The third kappa shape index (κ3) is 4.44. The van der Waals surface area contributed by atoms with Gasteiger partial charge in [0.15, 0.2) is 0 Å². The van der Waals surface area contributed by atoms with Gasteiger partial charge >= 0.3 is 0 Å². The molecule has 2 aromatic rings. The summed E-state index contributed by atoms with van der Waals surface area (Å²) in [5.74, 6) is 0. The van der Waals surface area contributed by atoms with Crippen molar-refractivity contribution in [2.24, 2.45) is 0 Å². The van der Waals surface area contributed by atoms with Crippen LogP contribution in [0, 0.1) is 6.92 Å². The topological polar surface area (TPSA) is 42.3 Å². The highest BCUT2D eigenvalue weighted by Crippen LogP contribution is 2.25. The first-order chi connectivity index (χ1) is 11.7. The Labute approximate surface area is 144 Å². The van der Waals surface area contributed by atoms with Crippen molar-refractivity contribution in [3.63, 3.8) is 0 Å². The van der Waals surface area contributed by atoms with Gasteiger partial charge in [0.1, 0.15) is 0 Å². The van der Waals surface area contributed by atoms with Gasteiger partial charge in [0.25, 0.3) is 0 Å². The fraction of sp³-hybridized carbons (Fsp3) is 0.526. The van der Waals surface area contributed by atoms with E-state index >= 15 is 0 Å². The minimum atomic E-state index is 0.363. The predicted molar refractivity (Wildman–Crippen MR) is 96.0 cm³/mol. The molecule has 0 spiro atoms. The number of hydrogen-bond acceptors (Lipinski definition) is 4. The van der Waals surface area contributed by atoms with E-state index in [4.69, 9.17) is 4.74 Å². The molecule has 5 heteroatoms. The second-order valence-electron chi connectivity index (χ2n) is 6.53. The fourth-order valence-electron chi connectivity index (χ4n) is 3.43. The number of nitrogens with one attached hydrogen (secondary N) is 1. The van der Waals surface area contributed by atoms with Crippen LogP contribution in [0.2, 0.25) is 0 Å². The Hall–Kier alpha value is -1.69. The molecule has 1 aromatic carbocycles. The summed E-state index contributed by atoms with van der Waals surface area (Å²) in [5.41, 5.74) is 2.58. The zero-order chi connectivity index (χ0) is 16.8. The van der Waals surface area contributed by atoms with Crippen LogP contribution in [-0.2, 0) is 11.3 Å². The monoisotopic (exact) mass is 328 g/mol. The van der Waals surface area contributed by atoms with Gasteiger partial charge in [-0.05, 0) is 25.0 Å². The Morgan fingerprint density at radius 1 is 1.21 bits per heavy atom. The number of hydrogen-bond donors (Lipinski definition) is 1. The van der Waals surface area contributed by atoms with E-state index in [0.717, 1.165) is 39.4 Å². The molecule has 3 rings (SSSR count). The third-order valence-electron chi connectivity index (χ3n) is 4.62. The van der Waals surface area contributed by atoms with Gasteiger partial charge < -0.3 is 10.1 Å². The normalized spacial score (nSPS) is 18.4. The lowest BCUT2D eigenvalue weighted by atomic mass is 9.98. The number of ether oxygens (including phenoxy) is 1. The smallest absolute Gasteiger partial charge is 0.0594 e. The van der Waals surface area contributed by atoms with E-state index in [1.807, 2.05) is 10.9 Å². The molecule has 1 aromatic heterocycles. The SMILES string of the molecule is Cc1cnn(CCNC(C)C(c2ccccc2)N2CCOCC2)c1. The highest BCUT2D eigenvalue weighted by Gasteiger charge is 2.27. The molecule has 0 aliphatic carbocycles. The number of rotatable bonds is 7. The van der Waals surface area contributed by atoms with Crippen molar-refractivity contribution >= 4 is 0 Å². The average molecular weight is 328 g/mol. The summed E-state index contributed by atoms with van der Waals surface area (Å²) in [7, 11) is 0. The number of aromatic nitrogens is 2. The van der Waals surface area contributed by atoms with Crippen molar-refractivity contribution in [1.82, 2.24) is 20.0 Å². The molecule has 0 amide bonds. The number of morpholine rings is 1. The van der Waals surface area contributed by atoms with E-state index in [9.17, 15) is 0 Å². The van der Waals surface area contributed by atoms with Crippen molar-refractivity contribution < 1.29 is 4.74 Å². The van der Waals surface area contributed by atoms with Crippen LogP contribution >= 0.6 is 0 Å². The standard InChI is InChI=1S/C19H28N4O/c1-16-14-21-23(15-16)9-8-20-17(2)19(18-6-4-3-5-7-18)22-10-12-24-13-11-22/h3-7,14-15,17,19-20H,8-13H2,1-2H3. The van der Waals surface area contributed by atoms with E-state index in [1.54, 1.807) is 0 Å². The van der Waals surface area contributed by atoms with Gasteiger partial charge in [-0.3, -0.25) is 9.58 Å². The molecule has 0 radical (unpaired) electrons. The molecule has 5 nitrogen and oxygen atoms in total. The molecule has 1 N–H and O–H groups in total. The second kappa shape index (κ2) is 8.42. The van der Waals surface area contributed by atoms with E-state index < -0.39 is 0 Å². The summed E-state index contributed by atoms with van der Waals surface area (Å²) in [5, 5.41) is 8.05. The van der Waals surface area contributed by atoms with Crippen molar-refractivity contribution in [3.05, 3.63) is 53.9 Å². The first-order valence-corrected chi connectivity index (χ1v) is 8.83. The van der Waals surface area contributed by atoms with Crippen LogP contribution in [0.4, 0.5) is 0 Å². The van der Waals surface area contributed by atoms with Crippen molar-refractivity contribution in [1.29, 1.82) is 0 Å². The summed E-state index contributed by atoms with van der Waals surface area (Å²) in [4.78, 5) is 2.54. The molecular formula is C19H28N4O. The molecule has 0 bridgehead atoms. The maximum Gasteiger partial charge on any atom is 0.0594 e. The lowest BCUT2D eigenvalue weighted by Crippen LogP contribution is -2.47. The van der Waals surface area contributed by atoms with Crippen molar-refractivity contribution in [2.45, 2.75) is 32.5 Å². The van der Waals surface area contributed by atoms with Crippen LogP contribution < -0.4 is 5.32 Å². The van der Waals surface area contributed by atoms with Crippen LogP contribution in [0.15, 0.2) is 42.7 Å². The molecule has 130 valence electrons. The van der Waals surface area contributed by atoms with Gasteiger partial charge in [0.05, 0.1) is 32.0 Å². The third-order valence-corrected chi connectivity index (χ3v) is 4.62. The number of benzene rings is 1. The summed E-state index contributed by atoms with van der Waals surface area (Å²) >= 11 is 0. The zero-order valence-corrected chi connectivity index (χ0v) is 14.7. The van der Waals surface area contributed by atoms with E-state index in [0.29, 0.717) is 12.1 Å². The molecule has 2 heterocycles. The van der Waals surface area contributed by atoms with Gasteiger partial charge in [-0.2, -0.15) is 5.10 Å². The molecule has 1 aliphatic rings. The minimum absolute atomic E-state index is 0.363. The summed E-state index contributed by atoms with van der Waals surface area (Å²) in [6.07, 6.45) is 3.99.